The Morgan fingerprint density at radius 3 is 2.71 bits per heavy atom. The number of ketones is 1. The third-order valence-electron chi connectivity index (χ3n) is 1.67. The zero-order valence-corrected chi connectivity index (χ0v) is 8.77. The van der Waals surface area contributed by atoms with Crippen LogP contribution in [0.25, 0.3) is 0 Å². The van der Waals surface area contributed by atoms with Crippen molar-refractivity contribution in [3.8, 4) is 0 Å². The van der Waals surface area contributed by atoms with Crippen LogP contribution in [0.5, 0.6) is 0 Å². The van der Waals surface area contributed by atoms with Crippen molar-refractivity contribution in [3.05, 3.63) is 46.5 Å². The lowest BCUT2D eigenvalue weighted by Crippen LogP contribution is -2.01. The molecule has 0 aliphatic heterocycles. The Hall–Kier alpha value is -1.03. The van der Waals surface area contributed by atoms with Gasteiger partial charge in [-0.15, -0.1) is 6.58 Å². The first kappa shape index (κ1) is 11.0. The molecule has 0 aromatic heterocycles. The number of carbonyl (C=O) groups excluding carboxylic acids is 1. The molecular weight excluding hydrogens is 254 g/mol. The largest absolute Gasteiger partial charge is 0.294 e. The van der Waals surface area contributed by atoms with Gasteiger partial charge in [0.1, 0.15) is 0 Å². The van der Waals surface area contributed by atoms with Crippen molar-refractivity contribution in [1.29, 1.82) is 0 Å². The van der Waals surface area contributed by atoms with E-state index in [1.54, 1.807) is 0 Å². The molecule has 1 aromatic carbocycles. The summed E-state index contributed by atoms with van der Waals surface area (Å²) in [5, 5.41) is 0. The van der Waals surface area contributed by atoms with Gasteiger partial charge in [0, 0.05) is 12.0 Å². The molecule has 0 spiro atoms. The van der Waals surface area contributed by atoms with Crippen molar-refractivity contribution in [2.75, 3.05) is 0 Å². The van der Waals surface area contributed by atoms with Crippen molar-refractivity contribution >= 4 is 21.7 Å². The summed E-state index contributed by atoms with van der Waals surface area (Å²) in [6.45, 7) is 3.39. The second kappa shape index (κ2) is 4.46. The molecule has 0 aliphatic carbocycles. The van der Waals surface area contributed by atoms with Gasteiger partial charge in [-0.3, -0.25) is 4.79 Å². The van der Waals surface area contributed by atoms with Crippen molar-refractivity contribution in [3.63, 3.8) is 0 Å². The van der Waals surface area contributed by atoms with E-state index in [1.165, 1.54) is 12.1 Å². The number of halogens is 3. The maximum atomic E-state index is 13.0. The van der Waals surface area contributed by atoms with Crippen LogP contribution in [0.1, 0.15) is 16.8 Å². The molecule has 0 fully saturated rings. The molecule has 14 heavy (non-hydrogen) atoms. The molecule has 0 saturated heterocycles. The van der Waals surface area contributed by atoms with E-state index < -0.39 is 11.6 Å². The van der Waals surface area contributed by atoms with Crippen LogP contribution in [0.4, 0.5) is 8.78 Å². The lowest BCUT2D eigenvalue weighted by atomic mass is 10.1. The Balaban J connectivity index is 3.17. The summed E-state index contributed by atoms with van der Waals surface area (Å²) in [4.78, 5) is 11.3. The molecule has 1 aromatic rings. The Kier molecular flexibility index (Phi) is 3.52. The zero-order valence-electron chi connectivity index (χ0n) is 7.19. The molecule has 0 atom stereocenters. The molecule has 0 N–H and O–H groups in total. The van der Waals surface area contributed by atoms with E-state index in [9.17, 15) is 13.6 Å². The van der Waals surface area contributed by atoms with E-state index in [1.807, 2.05) is 0 Å². The zero-order chi connectivity index (χ0) is 10.7. The first-order valence-corrected chi connectivity index (χ1v) is 4.64. The quantitative estimate of drug-likeness (QED) is 0.462. The van der Waals surface area contributed by atoms with Crippen LogP contribution in [-0.4, -0.2) is 5.78 Å². The van der Waals surface area contributed by atoms with Gasteiger partial charge in [0.25, 0.3) is 0 Å². The minimum absolute atomic E-state index is 0.101. The number of carbonyl (C=O) groups is 1. The summed E-state index contributed by atoms with van der Waals surface area (Å²) in [6.07, 6.45) is 1.51. The number of Topliss-reactive ketones (excluding diaryl/α,β-unsaturated/α-hetero) is 1. The minimum Gasteiger partial charge on any atom is -0.294 e. The first-order valence-electron chi connectivity index (χ1n) is 3.85. The second-order valence-electron chi connectivity index (χ2n) is 2.64. The van der Waals surface area contributed by atoms with E-state index in [0.29, 0.717) is 0 Å². The topological polar surface area (TPSA) is 17.1 Å². The highest BCUT2D eigenvalue weighted by Gasteiger charge is 2.15. The number of benzene rings is 1. The third kappa shape index (κ3) is 2.07. The summed E-state index contributed by atoms with van der Waals surface area (Å²) in [5.41, 5.74) is 0.129. The van der Waals surface area contributed by atoms with E-state index in [2.05, 4.69) is 22.5 Å². The van der Waals surface area contributed by atoms with Gasteiger partial charge in [0.05, 0.1) is 4.47 Å². The lowest BCUT2D eigenvalue weighted by molar-refractivity contribution is 0.0994. The van der Waals surface area contributed by atoms with Gasteiger partial charge in [-0.1, -0.05) is 6.08 Å². The van der Waals surface area contributed by atoms with Crippen molar-refractivity contribution in [2.24, 2.45) is 0 Å². The van der Waals surface area contributed by atoms with Gasteiger partial charge in [-0.05, 0) is 28.1 Å². The predicted molar refractivity (Wildman–Crippen MR) is 53.2 cm³/mol. The number of rotatable bonds is 3. The van der Waals surface area contributed by atoms with Crippen LogP contribution in [0.3, 0.4) is 0 Å². The highest BCUT2D eigenvalue weighted by molar-refractivity contribution is 9.10. The molecule has 0 radical (unpaired) electrons. The molecule has 1 nitrogen and oxygen atoms in total. The van der Waals surface area contributed by atoms with Crippen molar-refractivity contribution in [1.82, 2.24) is 0 Å². The second-order valence-corrected chi connectivity index (χ2v) is 3.43. The van der Waals surface area contributed by atoms with Gasteiger partial charge in [-0.2, -0.15) is 0 Å². The van der Waals surface area contributed by atoms with E-state index in [4.69, 9.17) is 0 Å². The summed E-state index contributed by atoms with van der Waals surface area (Å²) in [7, 11) is 0. The molecule has 4 heteroatoms. The van der Waals surface area contributed by atoms with E-state index >= 15 is 0 Å². The van der Waals surface area contributed by atoms with E-state index in [0.717, 1.165) is 6.07 Å². The van der Waals surface area contributed by atoms with Crippen LogP contribution in [0, 0.1) is 11.6 Å². The smallest absolute Gasteiger partial charge is 0.173 e. The van der Waals surface area contributed by atoms with Crippen LogP contribution in [0.15, 0.2) is 29.3 Å². The average Bonchev–Trinajstić information content (AvgIpc) is 2.15. The Labute approximate surface area is 88.6 Å². The molecule has 1 rings (SSSR count). The number of allylic oxidation sites excluding steroid dienone is 1. The molecule has 0 bridgehead atoms. The molecule has 74 valence electrons. The summed E-state index contributed by atoms with van der Waals surface area (Å²) >= 11 is 2.83. The van der Waals surface area contributed by atoms with Gasteiger partial charge in [0.15, 0.2) is 17.4 Å². The average molecular weight is 261 g/mol. The first-order chi connectivity index (χ1) is 6.57. The summed E-state index contributed by atoms with van der Waals surface area (Å²) < 4.78 is 25.5. The molecule has 0 amide bonds. The van der Waals surface area contributed by atoms with Crippen LogP contribution < -0.4 is 0 Å². The van der Waals surface area contributed by atoms with Crippen molar-refractivity contribution < 1.29 is 13.6 Å². The Morgan fingerprint density at radius 1 is 1.50 bits per heavy atom. The monoisotopic (exact) mass is 260 g/mol. The summed E-state index contributed by atoms with van der Waals surface area (Å²) in [5.74, 6) is -2.32. The fraction of sp³-hybridized carbons (Fsp3) is 0.100. The number of hydrogen-bond acceptors (Lipinski definition) is 1. The van der Waals surface area contributed by atoms with Gasteiger partial charge < -0.3 is 0 Å². The van der Waals surface area contributed by atoms with Gasteiger partial charge in [-0.25, -0.2) is 8.78 Å². The molecular formula is C10H7BrF2O. The molecule has 0 unspecified atom stereocenters. The van der Waals surface area contributed by atoms with Crippen LogP contribution in [-0.2, 0) is 0 Å². The third-order valence-corrected chi connectivity index (χ3v) is 2.44. The lowest BCUT2D eigenvalue weighted by Gasteiger charge is -2.03. The fourth-order valence-corrected chi connectivity index (χ4v) is 1.52. The highest BCUT2D eigenvalue weighted by Crippen LogP contribution is 2.24. The Bertz CT molecular complexity index is 388. The normalized spacial score (nSPS) is 9.93. The van der Waals surface area contributed by atoms with Gasteiger partial charge in [0.2, 0.25) is 0 Å². The predicted octanol–water partition coefficient (Wildman–Crippen LogP) is 3.49. The highest BCUT2D eigenvalue weighted by atomic mass is 79.9. The molecule has 0 saturated carbocycles. The maximum absolute atomic E-state index is 13.0. The summed E-state index contributed by atoms with van der Waals surface area (Å²) in [6, 6.07) is 2.17. The Morgan fingerprint density at radius 2 is 2.14 bits per heavy atom. The molecule has 0 heterocycles. The SMILES string of the molecule is C=CCC(=O)c1ccc(F)c(F)c1Br. The van der Waals surface area contributed by atoms with Crippen molar-refractivity contribution in [2.45, 2.75) is 6.42 Å². The minimum atomic E-state index is -1.04. The van der Waals surface area contributed by atoms with Gasteiger partial charge >= 0.3 is 0 Å². The maximum Gasteiger partial charge on any atom is 0.173 e. The number of hydrogen-bond donors (Lipinski definition) is 0. The standard InChI is InChI=1S/C10H7BrF2O/c1-2-3-8(14)6-4-5-7(12)10(13)9(6)11/h2,4-5H,1,3H2. The van der Waals surface area contributed by atoms with Crippen LogP contribution in [0.2, 0.25) is 0 Å². The molecule has 0 aliphatic rings. The fourth-order valence-electron chi connectivity index (χ4n) is 0.982. The van der Waals surface area contributed by atoms with E-state index in [-0.39, 0.29) is 22.2 Å². The van der Waals surface area contributed by atoms with Crippen LogP contribution >= 0.6 is 15.9 Å².